The fourth-order valence-electron chi connectivity index (χ4n) is 3.48. The first-order valence-corrected chi connectivity index (χ1v) is 9.17. The van der Waals surface area contributed by atoms with Crippen molar-refractivity contribution in [2.45, 2.75) is 43.1 Å². The van der Waals surface area contributed by atoms with Crippen LogP contribution in [0.2, 0.25) is 0 Å². The molecule has 1 atom stereocenters. The van der Waals surface area contributed by atoms with E-state index in [0.29, 0.717) is 12.8 Å². The van der Waals surface area contributed by atoms with E-state index in [9.17, 15) is 9.59 Å². The third kappa shape index (κ3) is 2.54. The van der Waals surface area contributed by atoms with E-state index >= 15 is 0 Å². The summed E-state index contributed by atoms with van der Waals surface area (Å²) in [7, 11) is 0. The maximum atomic E-state index is 13.0. The van der Waals surface area contributed by atoms with Gasteiger partial charge in [-0.2, -0.15) is 0 Å². The van der Waals surface area contributed by atoms with Gasteiger partial charge in [-0.05, 0) is 37.1 Å². The summed E-state index contributed by atoms with van der Waals surface area (Å²) in [6.07, 6.45) is 0.858. The quantitative estimate of drug-likeness (QED) is 0.783. The van der Waals surface area contributed by atoms with Crippen molar-refractivity contribution < 1.29 is 14.3 Å². The molecule has 2 heterocycles. The van der Waals surface area contributed by atoms with E-state index in [1.165, 1.54) is 11.8 Å². The van der Waals surface area contributed by atoms with Crippen molar-refractivity contribution in [3.05, 3.63) is 59.2 Å². The molecule has 128 valence electrons. The number of carbonyl (C=O) groups is 2. The van der Waals surface area contributed by atoms with Crippen molar-refractivity contribution in [1.29, 1.82) is 0 Å². The van der Waals surface area contributed by atoms with Crippen molar-refractivity contribution in [3.8, 4) is 0 Å². The molecule has 0 aliphatic carbocycles. The summed E-state index contributed by atoms with van der Waals surface area (Å²) < 4.78 is 5.68. The Kier molecular flexibility index (Phi) is 3.84. The third-order valence-corrected chi connectivity index (χ3v) is 6.31. The van der Waals surface area contributed by atoms with E-state index in [2.05, 4.69) is 0 Å². The van der Waals surface area contributed by atoms with Crippen LogP contribution in [0.4, 0.5) is 5.69 Å². The van der Waals surface area contributed by atoms with Gasteiger partial charge in [-0.1, -0.05) is 47.7 Å². The summed E-state index contributed by atoms with van der Waals surface area (Å²) >= 11 is 1.44. The predicted molar refractivity (Wildman–Crippen MR) is 97.5 cm³/mol. The standard InChI is InChI=1S/C20H19NO3S/c1-13-7-8-14(2)15(11-13)12-24-19(23)20-10-9-18(22)21(20)16-5-3-4-6-17(16)25-20/h3-8,11H,9-10,12H2,1-2H3/t20-/m0/s1. The predicted octanol–water partition coefficient (Wildman–Crippen LogP) is 3.98. The molecule has 0 N–H and O–H groups in total. The van der Waals surface area contributed by atoms with Crippen LogP contribution in [-0.4, -0.2) is 16.7 Å². The first-order valence-electron chi connectivity index (χ1n) is 8.36. The highest BCUT2D eigenvalue weighted by Crippen LogP contribution is 2.56. The smallest absolute Gasteiger partial charge is 0.343 e. The maximum Gasteiger partial charge on any atom is 0.343 e. The molecule has 2 aliphatic heterocycles. The van der Waals surface area contributed by atoms with Crippen molar-refractivity contribution >= 4 is 29.3 Å². The lowest BCUT2D eigenvalue weighted by Crippen LogP contribution is -2.47. The Balaban J connectivity index is 1.59. The Bertz CT molecular complexity index is 879. The van der Waals surface area contributed by atoms with Crippen LogP contribution in [0.3, 0.4) is 0 Å². The average molecular weight is 353 g/mol. The number of nitrogens with zero attached hydrogens (tertiary/aromatic N) is 1. The second-order valence-electron chi connectivity index (χ2n) is 6.59. The summed E-state index contributed by atoms with van der Waals surface area (Å²) in [5.41, 5.74) is 4.05. The van der Waals surface area contributed by atoms with E-state index in [-0.39, 0.29) is 18.5 Å². The van der Waals surface area contributed by atoms with Crippen LogP contribution in [-0.2, 0) is 20.9 Å². The highest BCUT2D eigenvalue weighted by atomic mass is 32.2. The lowest BCUT2D eigenvalue weighted by molar-refractivity contribution is -0.148. The monoisotopic (exact) mass is 353 g/mol. The van der Waals surface area contributed by atoms with Crippen LogP contribution in [0.5, 0.6) is 0 Å². The van der Waals surface area contributed by atoms with Crippen LogP contribution in [0.25, 0.3) is 0 Å². The number of ether oxygens (including phenoxy) is 1. The number of hydrogen-bond acceptors (Lipinski definition) is 4. The van der Waals surface area contributed by atoms with Gasteiger partial charge < -0.3 is 4.74 Å². The molecular formula is C20H19NO3S. The van der Waals surface area contributed by atoms with Crippen molar-refractivity contribution in [3.63, 3.8) is 0 Å². The van der Waals surface area contributed by atoms with Crippen LogP contribution < -0.4 is 4.90 Å². The molecule has 5 heteroatoms. The first-order chi connectivity index (χ1) is 12.0. The number of anilines is 1. The minimum absolute atomic E-state index is 0.0128. The number of esters is 1. The van der Waals surface area contributed by atoms with E-state index in [4.69, 9.17) is 4.74 Å². The molecule has 4 rings (SSSR count). The summed E-state index contributed by atoms with van der Waals surface area (Å²) in [4.78, 5) is 27.1. The molecule has 0 aromatic heterocycles. The lowest BCUT2D eigenvalue weighted by atomic mass is 10.1. The second kappa shape index (κ2) is 5.92. The molecule has 2 aromatic rings. The highest BCUT2D eigenvalue weighted by molar-refractivity contribution is 8.02. The van der Waals surface area contributed by atoms with Gasteiger partial charge in [0.25, 0.3) is 0 Å². The minimum Gasteiger partial charge on any atom is -0.458 e. The number of aryl methyl sites for hydroxylation is 2. The Hall–Kier alpha value is -2.27. The van der Waals surface area contributed by atoms with Crippen molar-refractivity contribution in [2.75, 3.05) is 4.90 Å². The Morgan fingerprint density at radius 1 is 1.24 bits per heavy atom. The Labute approximate surface area is 151 Å². The molecular weight excluding hydrogens is 334 g/mol. The van der Waals surface area contributed by atoms with Gasteiger partial charge in [0.2, 0.25) is 5.91 Å². The molecule has 4 nitrogen and oxygen atoms in total. The third-order valence-electron chi connectivity index (χ3n) is 4.86. The average Bonchev–Trinajstić information content (AvgIpc) is 3.11. The maximum absolute atomic E-state index is 13.0. The number of hydrogen-bond donors (Lipinski definition) is 0. The van der Waals surface area contributed by atoms with Gasteiger partial charge in [0.05, 0.1) is 5.69 Å². The molecule has 0 bridgehead atoms. The highest BCUT2D eigenvalue weighted by Gasteiger charge is 2.58. The van der Waals surface area contributed by atoms with Gasteiger partial charge in [0, 0.05) is 17.7 Å². The van der Waals surface area contributed by atoms with E-state index in [1.807, 2.05) is 56.3 Å². The van der Waals surface area contributed by atoms with Crippen molar-refractivity contribution in [1.82, 2.24) is 0 Å². The minimum atomic E-state index is -0.946. The fraction of sp³-hybridized carbons (Fsp3) is 0.300. The van der Waals surface area contributed by atoms with Crippen LogP contribution in [0.1, 0.15) is 29.5 Å². The Morgan fingerprint density at radius 2 is 2.04 bits per heavy atom. The molecule has 0 unspecified atom stereocenters. The number of carbonyl (C=O) groups excluding carboxylic acids is 2. The lowest BCUT2D eigenvalue weighted by Gasteiger charge is -2.28. The molecule has 0 saturated carbocycles. The van der Waals surface area contributed by atoms with Crippen molar-refractivity contribution in [2.24, 2.45) is 0 Å². The summed E-state index contributed by atoms with van der Waals surface area (Å²) in [5, 5.41) is 0. The van der Waals surface area contributed by atoms with Gasteiger partial charge in [0.1, 0.15) is 6.61 Å². The zero-order chi connectivity index (χ0) is 17.6. The molecule has 25 heavy (non-hydrogen) atoms. The number of amides is 1. The zero-order valence-electron chi connectivity index (χ0n) is 14.2. The van der Waals surface area contributed by atoms with E-state index in [0.717, 1.165) is 27.3 Å². The SMILES string of the molecule is Cc1ccc(C)c(COC(=O)[C@@]23CCC(=O)N2c2ccccc2S3)c1. The summed E-state index contributed by atoms with van der Waals surface area (Å²) in [6, 6.07) is 13.8. The molecule has 1 amide bonds. The number of para-hydroxylation sites is 1. The van der Waals surface area contributed by atoms with Gasteiger partial charge in [-0.3, -0.25) is 9.69 Å². The molecule has 1 saturated heterocycles. The normalized spacial score (nSPS) is 21.2. The van der Waals surface area contributed by atoms with Crippen LogP contribution in [0.15, 0.2) is 47.4 Å². The molecule has 0 spiro atoms. The van der Waals surface area contributed by atoms with Crippen LogP contribution >= 0.6 is 11.8 Å². The van der Waals surface area contributed by atoms with E-state index < -0.39 is 4.87 Å². The van der Waals surface area contributed by atoms with Gasteiger partial charge in [0.15, 0.2) is 4.87 Å². The van der Waals surface area contributed by atoms with Gasteiger partial charge in [-0.25, -0.2) is 4.79 Å². The van der Waals surface area contributed by atoms with Gasteiger partial charge >= 0.3 is 5.97 Å². The summed E-state index contributed by atoms with van der Waals surface area (Å²) in [6.45, 7) is 4.25. The zero-order valence-corrected chi connectivity index (χ0v) is 15.1. The molecule has 2 aromatic carbocycles. The fourth-order valence-corrected chi connectivity index (χ4v) is 4.90. The largest absolute Gasteiger partial charge is 0.458 e. The number of benzene rings is 2. The number of rotatable bonds is 3. The Morgan fingerprint density at radius 3 is 2.88 bits per heavy atom. The van der Waals surface area contributed by atoms with Gasteiger partial charge in [-0.15, -0.1) is 0 Å². The molecule has 0 radical (unpaired) electrons. The molecule has 2 aliphatic rings. The molecule has 1 fully saturated rings. The topological polar surface area (TPSA) is 46.6 Å². The number of fused-ring (bicyclic) bond motifs is 3. The van der Waals surface area contributed by atoms with E-state index in [1.54, 1.807) is 4.90 Å². The summed E-state index contributed by atoms with van der Waals surface area (Å²) in [5.74, 6) is -0.346. The second-order valence-corrected chi connectivity index (χ2v) is 7.91. The first kappa shape index (κ1) is 16.2. The van der Waals surface area contributed by atoms with Crippen LogP contribution in [0, 0.1) is 13.8 Å². The number of thioether (sulfide) groups is 1.